The monoisotopic (exact) mass is 297 g/mol. The molecule has 1 saturated heterocycles. The lowest BCUT2D eigenvalue weighted by Gasteiger charge is -2.32. The van der Waals surface area contributed by atoms with E-state index in [2.05, 4.69) is 20.9 Å². The fourth-order valence-electron chi connectivity index (χ4n) is 2.13. The number of hydrogen-bond donors (Lipinski definition) is 1. The molecule has 1 atom stereocenters. The van der Waals surface area contributed by atoms with Gasteiger partial charge in [-0.15, -0.1) is 0 Å². The van der Waals surface area contributed by atoms with Crippen molar-refractivity contribution < 1.29 is 4.79 Å². The van der Waals surface area contributed by atoms with E-state index in [1.165, 1.54) is 0 Å². The van der Waals surface area contributed by atoms with Crippen molar-refractivity contribution in [2.75, 3.05) is 19.6 Å². The highest BCUT2D eigenvalue weighted by molar-refractivity contribution is 9.10. The summed E-state index contributed by atoms with van der Waals surface area (Å²) in [7, 11) is 0. The third-order valence-electron chi connectivity index (χ3n) is 3.10. The fourth-order valence-corrected chi connectivity index (χ4v) is 2.56. The number of halogens is 1. The summed E-state index contributed by atoms with van der Waals surface area (Å²) in [5.41, 5.74) is 6.16. The largest absolute Gasteiger partial charge is 0.337 e. The summed E-state index contributed by atoms with van der Waals surface area (Å²) in [6.07, 6.45) is 3.78. The minimum atomic E-state index is -0.00405. The Kier molecular flexibility index (Phi) is 4.12. The van der Waals surface area contributed by atoms with Gasteiger partial charge in [-0.2, -0.15) is 0 Å². The molecule has 5 heteroatoms. The van der Waals surface area contributed by atoms with Gasteiger partial charge in [-0.1, -0.05) is 0 Å². The van der Waals surface area contributed by atoms with Gasteiger partial charge in [-0.3, -0.25) is 4.79 Å². The highest BCUT2D eigenvalue weighted by Gasteiger charge is 2.25. The van der Waals surface area contributed by atoms with Gasteiger partial charge in [0.15, 0.2) is 0 Å². The first-order chi connectivity index (χ1) is 8.22. The number of carbonyl (C=O) groups excluding carboxylic acids is 1. The standard InChI is InChI=1S/C12H16BrN3O/c13-10-4-1-5-15-11(10)12(17)16-6-2-3-9(7-14)8-16/h1,4-5,9H,2-3,6-8,14H2. The SMILES string of the molecule is NCC1CCCN(C(=O)c2ncccc2Br)C1. The van der Waals surface area contributed by atoms with Crippen LogP contribution in [0.15, 0.2) is 22.8 Å². The zero-order valence-electron chi connectivity index (χ0n) is 9.60. The number of aromatic nitrogens is 1. The van der Waals surface area contributed by atoms with Crippen LogP contribution < -0.4 is 5.73 Å². The number of rotatable bonds is 2. The summed E-state index contributed by atoms with van der Waals surface area (Å²) < 4.78 is 0.750. The van der Waals surface area contributed by atoms with Gasteiger partial charge in [-0.25, -0.2) is 4.98 Å². The Morgan fingerprint density at radius 1 is 1.65 bits per heavy atom. The Bertz CT molecular complexity index is 410. The van der Waals surface area contributed by atoms with Gasteiger partial charge < -0.3 is 10.6 Å². The molecule has 0 saturated carbocycles. The number of carbonyl (C=O) groups is 1. The fraction of sp³-hybridized carbons (Fsp3) is 0.500. The van der Waals surface area contributed by atoms with Crippen molar-refractivity contribution in [1.82, 2.24) is 9.88 Å². The van der Waals surface area contributed by atoms with E-state index < -0.39 is 0 Å². The summed E-state index contributed by atoms with van der Waals surface area (Å²) >= 11 is 3.36. The van der Waals surface area contributed by atoms with E-state index >= 15 is 0 Å². The smallest absolute Gasteiger partial charge is 0.273 e. The van der Waals surface area contributed by atoms with Crippen molar-refractivity contribution in [2.24, 2.45) is 11.7 Å². The predicted octanol–water partition coefficient (Wildman–Crippen LogP) is 1.66. The van der Waals surface area contributed by atoms with E-state index in [-0.39, 0.29) is 5.91 Å². The van der Waals surface area contributed by atoms with E-state index in [0.717, 1.165) is 30.4 Å². The molecule has 4 nitrogen and oxygen atoms in total. The average molecular weight is 298 g/mol. The van der Waals surface area contributed by atoms with Gasteiger partial charge in [0, 0.05) is 23.8 Å². The summed E-state index contributed by atoms with van der Waals surface area (Å²) in [4.78, 5) is 18.3. The normalized spacial score (nSPS) is 20.4. The lowest BCUT2D eigenvalue weighted by molar-refractivity contribution is 0.0671. The van der Waals surface area contributed by atoms with Crippen molar-refractivity contribution in [3.8, 4) is 0 Å². The molecule has 0 bridgehead atoms. The molecule has 0 spiro atoms. The maximum absolute atomic E-state index is 12.3. The Labute approximate surface area is 109 Å². The quantitative estimate of drug-likeness (QED) is 0.903. The number of amides is 1. The van der Waals surface area contributed by atoms with Gasteiger partial charge in [0.2, 0.25) is 0 Å². The molecule has 1 unspecified atom stereocenters. The van der Waals surface area contributed by atoms with Crippen molar-refractivity contribution in [2.45, 2.75) is 12.8 Å². The summed E-state index contributed by atoms with van der Waals surface area (Å²) in [5.74, 6) is 0.422. The zero-order chi connectivity index (χ0) is 12.3. The molecule has 2 N–H and O–H groups in total. The van der Waals surface area contributed by atoms with Crippen LogP contribution in [-0.4, -0.2) is 35.4 Å². The number of hydrogen-bond acceptors (Lipinski definition) is 3. The van der Waals surface area contributed by atoms with Gasteiger partial charge in [0.05, 0.1) is 0 Å². The first kappa shape index (κ1) is 12.5. The van der Waals surface area contributed by atoms with Crippen LogP contribution in [0.4, 0.5) is 0 Å². The molecule has 2 rings (SSSR count). The maximum atomic E-state index is 12.3. The van der Waals surface area contributed by atoms with Crippen molar-refractivity contribution in [1.29, 1.82) is 0 Å². The van der Waals surface area contributed by atoms with Crippen LogP contribution in [0.2, 0.25) is 0 Å². The summed E-state index contributed by atoms with van der Waals surface area (Å²) in [5, 5.41) is 0. The molecule has 17 heavy (non-hydrogen) atoms. The molecule has 2 heterocycles. The second-order valence-electron chi connectivity index (χ2n) is 4.33. The van der Waals surface area contributed by atoms with Gasteiger partial charge >= 0.3 is 0 Å². The minimum Gasteiger partial charge on any atom is -0.337 e. The predicted molar refractivity (Wildman–Crippen MR) is 69.6 cm³/mol. The van der Waals surface area contributed by atoms with Crippen LogP contribution in [0.25, 0.3) is 0 Å². The molecule has 1 aliphatic rings. The Morgan fingerprint density at radius 3 is 3.18 bits per heavy atom. The third kappa shape index (κ3) is 2.84. The summed E-state index contributed by atoms with van der Waals surface area (Å²) in [6.45, 7) is 2.20. The number of nitrogens with two attached hydrogens (primary N) is 1. The molecule has 0 aromatic carbocycles. The lowest BCUT2D eigenvalue weighted by Crippen LogP contribution is -2.42. The first-order valence-corrected chi connectivity index (χ1v) is 6.61. The van der Waals surface area contributed by atoms with Crippen LogP contribution in [0.5, 0.6) is 0 Å². The number of pyridine rings is 1. The van der Waals surface area contributed by atoms with E-state index in [9.17, 15) is 4.79 Å². The van der Waals surface area contributed by atoms with Crippen molar-refractivity contribution in [3.63, 3.8) is 0 Å². The molecule has 1 amide bonds. The minimum absolute atomic E-state index is 0.00405. The first-order valence-electron chi connectivity index (χ1n) is 5.82. The molecule has 1 fully saturated rings. The Morgan fingerprint density at radius 2 is 2.47 bits per heavy atom. The average Bonchev–Trinajstić information content (AvgIpc) is 2.38. The van der Waals surface area contributed by atoms with Gasteiger partial charge in [0.1, 0.15) is 5.69 Å². The number of likely N-dealkylation sites (tertiary alicyclic amines) is 1. The zero-order valence-corrected chi connectivity index (χ0v) is 11.2. The van der Waals surface area contributed by atoms with E-state index in [4.69, 9.17) is 5.73 Å². The molecular weight excluding hydrogens is 282 g/mol. The van der Waals surface area contributed by atoms with Crippen LogP contribution in [0.1, 0.15) is 23.3 Å². The molecular formula is C12H16BrN3O. The summed E-state index contributed by atoms with van der Waals surface area (Å²) in [6, 6.07) is 3.64. The lowest BCUT2D eigenvalue weighted by atomic mass is 9.98. The van der Waals surface area contributed by atoms with Crippen molar-refractivity contribution in [3.05, 3.63) is 28.5 Å². The van der Waals surface area contributed by atoms with E-state index in [0.29, 0.717) is 18.2 Å². The van der Waals surface area contributed by atoms with Crippen LogP contribution in [0.3, 0.4) is 0 Å². The van der Waals surface area contributed by atoms with Crippen molar-refractivity contribution >= 4 is 21.8 Å². The number of nitrogens with zero attached hydrogens (tertiary/aromatic N) is 2. The topological polar surface area (TPSA) is 59.2 Å². The molecule has 0 aliphatic carbocycles. The molecule has 92 valence electrons. The van der Waals surface area contributed by atoms with Crippen LogP contribution in [-0.2, 0) is 0 Å². The van der Waals surface area contributed by atoms with Gasteiger partial charge in [0.25, 0.3) is 5.91 Å². The maximum Gasteiger partial charge on any atom is 0.273 e. The molecule has 0 radical (unpaired) electrons. The number of piperidine rings is 1. The molecule has 1 aromatic heterocycles. The second kappa shape index (κ2) is 5.60. The molecule has 1 aromatic rings. The highest BCUT2D eigenvalue weighted by Crippen LogP contribution is 2.20. The second-order valence-corrected chi connectivity index (χ2v) is 5.18. The van der Waals surface area contributed by atoms with E-state index in [1.54, 1.807) is 12.3 Å². The third-order valence-corrected chi connectivity index (χ3v) is 3.74. The van der Waals surface area contributed by atoms with Crippen LogP contribution in [0, 0.1) is 5.92 Å². The Balaban J connectivity index is 2.12. The Hall–Kier alpha value is -0.940. The highest BCUT2D eigenvalue weighted by atomic mass is 79.9. The van der Waals surface area contributed by atoms with Crippen LogP contribution >= 0.6 is 15.9 Å². The molecule has 1 aliphatic heterocycles. The van der Waals surface area contributed by atoms with Gasteiger partial charge in [-0.05, 0) is 53.4 Å². The van der Waals surface area contributed by atoms with E-state index in [1.807, 2.05) is 11.0 Å².